The van der Waals surface area contributed by atoms with Crippen LogP contribution in [-0.2, 0) is 17.8 Å². The molecule has 1 N–H and O–H groups in total. The molecule has 0 bridgehead atoms. The lowest BCUT2D eigenvalue weighted by Gasteiger charge is -2.33. The topological polar surface area (TPSA) is 26.2 Å². The van der Waals surface area contributed by atoms with Gasteiger partial charge in [0.25, 0.3) is 0 Å². The van der Waals surface area contributed by atoms with Crippen molar-refractivity contribution in [3.63, 3.8) is 0 Å². The van der Waals surface area contributed by atoms with E-state index in [2.05, 4.69) is 42.2 Å². The molecule has 1 aromatic heterocycles. The molecule has 3 nitrogen and oxygen atoms in total. The Kier molecular flexibility index (Phi) is 4.70. The molecular weight excluding hydrogens is 260 g/mol. The van der Waals surface area contributed by atoms with Crippen molar-refractivity contribution < 1.29 is 4.74 Å². The highest BCUT2D eigenvalue weighted by atomic mass is 16.5. The first kappa shape index (κ1) is 15.1. The van der Waals surface area contributed by atoms with E-state index >= 15 is 0 Å². The van der Waals surface area contributed by atoms with Gasteiger partial charge in [0.2, 0.25) is 0 Å². The van der Waals surface area contributed by atoms with E-state index in [1.165, 1.54) is 50.5 Å². The van der Waals surface area contributed by atoms with Crippen molar-refractivity contribution in [2.75, 3.05) is 0 Å². The molecule has 3 rings (SSSR count). The Morgan fingerprint density at radius 2 is 2.10 bits per heavy atom. The molecule has 1 aromatic rings. The van der Waals surface area contributed by atoms with Gasteiger partial charge in [0.1, 0.15) is 0 Å². The molecule has 1 aliphatic heterocycles. The van der Waals surface area contributed by atoms with Crippen LogP contribution in [0.1, 0.15) is 64.4 Å². The van der Waals surface area contributed by atoms with Crippen LogP contribution in [0.2, 0.25) is 0 Å². The van der Waals surface area contributed by atoms with Crippen molar-refractivity contribution in [1.29, 1.82) is 0 Å². The van der Waals surface area contributed by atoms with Crippen LogP contribution < -0.4 is 5.32 Å². The summed E-state index contributed by atoms with van der Waals surface area (Å²) in [6.45, 7) is 6.35. The fourth-order valence-corrected chi connectivity index (χ4v) is 3.85. The molecule has 1 spiro atoms. The molecule has 1 aliphatic carbocycles. The molecule has 2 aliphatic rings. The van der Waals surface area contributed by atoms with E-state index in [0.29, 0.717) is 12.1 Å². The fourth-order valence-electron chi connectivity index (χ4n) is 3.85. The van der Waals surface area contributed by atoms with E-state index in [4.69, 9.17) is 4.74 Å². The lowest BCUT2D eigenvalue weighted by atomic mass is 9.83. The maximum Gasteiger partial charge on any atom is 0.0762 e. The third kappa shape index (κ3) is 3.89. The summed E-state index contributed by atoms with van der Waals surface area (Å²) in [5.41, 5.74) is 1.62. The summed E-state index contributed by atoms with van der Waals surface area (Å²) in [6.07, 6.45) is 14.1. The molecule has 1 atom stereocenters. The molecule has 3 heteroatoms. The zero-order valence-electron chi connectivity index (χ0n) is 13.6. The number of nitrogens with one attached hydrogen (secondary N) is 1. The second-order valence-corrected chi connectivity index (χ2v) is 7.27. The molecular formula is C18H30N2O. The monoisotopic (exact) mass is 290 g/mol. The van der Waals surface area contributed by atoms with Crippen LogP contribution in [0.4, 0.5) is 0 Å². The van der Waals surface area contributed by atoms with Gasteiger partial charge in [-0.15, -0.1) is 0 Å². The Bertz CT molecular complexity index is 446. The Morgan fingerprint density at radius 1 is 1.29 bits per heavy atom. The highest BCUT2D eigenvalue weighted by Gasteiger charge is 2.40. The summed E-state index contributed by atoms with van der Waals surface area (Å²) in [5, 5.41) is 3.47. The van der Waals surface area contributed by atoms with Crippen molar-refractivity contribution in [3.05, 3.63) is 24.0 Å². The smallest absolute Gasteiger partial charge is 0.0762 e. The first-order valence-corrected chi connectivity index (χ1v) is 8.71. The number of hydrogen-bond acceptors (Lipinski definition) is 2. The van der Waals surface area contributed by atoms with Crippen LogP contribution in [0, 0.1) is 0 Å². The van der Waals surface area contributed by atoms with Gasteiger partial charge in [-0.1, -0.05) is 33.1 Å². The van der Waals surface area contributed by atoms with E-state index in [0.717, 1.165) is 13.1 Å². The Hall–Kier alpha value is -0.800. The molecule has 1 saturated carbocycles. The molecule has 0 radical (unpaired) electrons. The highest BCUT2D eigenvalue weighted by molar-refractivity contribution is 5.10. The molecule has 0 aromatic carbocycles. The summed E-state index contributed by atoms with van der Waals surface area (Å²) in [7, 11) is 0. The third-order valence-electron chi connectivity index (χ3n) is 5.04. The standard InChI is InChI=1S/C18H30N2O/c1-15(2)19-12-16-7-11-20(13-16)14-17-6-10-18(21-17)8-4-3-5-9-18/h7,11,13,15,17,19H,3-6,8-10,12,14H2,1-2H3. The van der Waals surface area contributed by atoms with Gasteiger partial charge in [-0.2, -0.15) is 0 Å². The Labute approximate surface area is 129 Å². The number of rotatable bonds is 5. The van der Waals surface area contributed by atoms with Crippen LogP contribution in [0.3, 0.4) is 0 Å². The van der Waals surface area contributed by atoms with E-state index in [1.807, 2.05) is 0 Å². The molecule has 0 amide bonds. The molecule has 2 fully saturated rings. The van der Waals surface area contributed by atoms with Crippen LogP contribution in [0.5, 0.6) is 0 Å². The Balaban J connectivity index is 1.51. The Morgan fingerprint density at radius 3 is 2.86 bits per heavy atom. The summed E-state index contributed by atoms with van der Waals surface area (Å²) in [4.78, 5) is 0. The van der Waals surface area contributed by atoms with Crippen LogP contribution in [-0.4, -0.2) is 22.3 Å². The summed E-state index contributed by atoms with van der Waals surface area (Å²) in [6, 6.07) is 2.76. The van der Waals surface area contributed by atoms with E-state index in [1.54, 1.807) is 0 Å². The zero-order chi connectivity index (χ0) is 14.7. The average Bonchev–Trinajstić information content (AvgIpc) is 3.06. The van der Waals surface area contributed by atoms with Crippen molar-refractivity contribution in [2.45, 2.75) is 89.6 Å². The van der Waals surface area contributed by atoms with Crippen molar-refractivity contribution >= 4 is 0 Å². The molecule has 1 saturated heterocycles. The lowest BCUT2D eigenvalue weighted by Crippen LogP contribution is -2.32. The third-order valence-corrected chi connectivity index (χ3v) is 5.04. The van der Waals surface area contributed by atoms with Gasteiger partial charge in [0, 0.05) is 31.5 Å². The van der Waals surface area contributed by atoms with Gasteiger partial charge >= 0.3 is 0 Å². The maximum absolute atomic E-state index is 6.46. The van der Waals surface area contributed by atoms with E-state index in [-0.39, 0.29) is 5.60 Å². The van der Waals surface area contributed by atoms with Gasteiger partial charge in [0.05, 0.1) is 11.7 Å². The number of hydrogen-bond donors (Lipinski definition) is 1. The molecule has 21 heavy (non-hydrogen) atoms. The first-order valence-electron chi connectivity index (χ1n) is 8.71. The summed E-state index contributed by atoms with van der Waals surface area (Å²) >= 11 is 0. The number of aromatic nitrogens is 1. The largest absolute Gasteiger partial charge is 0.370 e. The molecule has 1 unspecified atom stereocenters. The quantitative estimate of drug-likeness (QED) is 0.891. The lowest BCUT2D eigenvalue weighted by molar-refractivity contribution is -0.0679. The van der Waals surface area contributed by atoms with Crippen molar-refractivity contribution in [3.8, 4) is 0 Å². The van der Waals surface area contributed by atoms with Gasteiger partial charge in [0.15, 0.2) is 0 Å². The minimum atomic E-state index is 0.248. The second-order valence-electron chi connectivity index (χ2n) is 7.27. The van der Waals surface area contributed by atoms with Crippen LogP contribution in [0.25, 0.3) is 0 Å². The summed E-state index contributed by atoms with van der Waals surface area (Å²) < 4.78 is 8.77. The van der Waals surface area contributed by atoms with Gasteiger partial charge < -0.3 is 14.6 Å². The van der Waals surface area contributed by atoms with Crippen molar-refractivity contribution in [2.24, 2.45) is 0 Å². The van der Waals surface area contributed by atoms with Crippen LogP contribution in [0.15, 0.2) is 18.5 Å². The van der Waals surface area contributed by atoms with Crippen molar-refractivity contribution in [1.82, 2.24) is 9.88 Å². The minimum Gasteiger partial charge on any atom is -0.370 e. The summed E-state index contributed by atoms with van der Waals surface area (Å²) in [5.74, 6) is 0. The molecule has 2 heterocycles. The number of nitrogens with zero attached hydrogens (tertiary/aromatic N) is 1. The zero-order valence-corrected chi connectivity index (χ0v) is 13.6. The minimum absolute atomic E-state index is 0.248. The fraction of sp³-hybridized carbons (Fsp3) is 0.778. The van der Waals surface area contributed by atoms with E-state index in [9.17, 15) is 0 Å². The normalized spacial score (nSPS) is 25.0. The number of ether oxygens (including phenoxy) is 1. The SMILES string of the molecule is CC(C)NCc1ccn(CC2CCC3(CCCCC3)O2)c1. The van der Waals surface area contributed by atoms with Gasteiger partial charge in [-0.25, -0.2) is 0 Å². The first-order chi connectivity index (χ1) is 10.2. The van der Waals surface area contributed by atoms with Crippen LogP contribution >= 0.6 is 0 Å². The predicted molar refractivity (Wildman–Crippen MR) is 86.3 cm³/mol. The molecule has 118 valence electrons. The average molecular weight is 290 g/mol. The predicted octanol–water partition coefficient (Wildman–Crippen LogP) is 3.87. The highest BCUT2D eigenvalue weighted by Crippen LogP contribution is 2.42. The van der Waals surface area contributed by atoms with Gasteiger partial charge in [-0.05, 0) is 37.3 Å². The second kappa shape index (κ2) is 6.53. The van der Waals surface area contributed by atoms with Gasteiger partial charge in [-0.3, -0.25) is 0 Å². The van der Waals surface area contributed by atoms with E-state index < -0.39 is 0 Å². The maximum atomic E-state index is 6.46.